The lowest BCUT2D eigenvalue weighted by atomic mass is 10.1. The van der Waals surface area contributed by atoms with Crippen molar-refractivity contribution in [2.75, 3.05) is 12.3 Å². The van der Waals surface area contributed by atoms with Crippen molar-refractivity contribution >= 4 is 23.3 Å². The fraction of sp³-hybridized carbons (Fsp3) is 0.188. The Morgan fingerprint density at radius 2 is 2.00 bits per heavy atom. The van der Waals surface area contributed by atoms with E-state index in [1.165, 1.54) is 0 Å². The highest BCUT2D eigenvalue weighted by molar-refractivity contribution is 6.30. The fourth-order valence-corrected chi connectivity index (χ4v) is 2.08. The highest BCUT2D eigenvalue weighted by atomic mass is 35.5. The first-order valence-corrected chi connectivity index (χ1v) is 6.92. The zero-order valence-electron chi connectivity index (χ0n) is 11.6. The summed E-state index contributed by atoms with van der Waals surface area (Å²) in [6.45, 7) is 2.30. The number of nitrogens with two attached hydrogens (primary N) is 1. The van der Waals surface area contributed by atoms with Crippen LogP contribution in [0.25, 0.3) is 0 Å². The molecule has 0 radical (unpaired) electrons. The van der Waals surface area contributed by atoms with Crippen molar-refractivity contribution in [3.63, 3.8) is 0 Å². The van der Waals surface area contributed by atoms with Gasteiger partial charge in [-0.2, -0.15) is 0 Å². The van der Waals surface area contributed by atoms with Gasteiger partial charge in [-0.3, -0.25) is 0 Å². The van der Waals surface area contributed by atoms with E-state index in [0.29, 0.717) is 28.6 Å². The second kappa shape index (κ2) is 6.99. The Morgan fingerprint density at radius 3 is 2.71 bits per heavy atom. The maximum atomic E-state index is 11.9. The first-order chi connectivity index (χ1) is 10.1. The van der Waals surface area contributed by atoms with E-state index >= 15 is 0 Å². The molecule has 0 aromatic heterocycles. The summed E-state index contributed by atoms with van der Waals surface area (Å²) in [5.41, 5.74) is 7.49. The molecule has 21 heavy (non-hydrogen) atoms. The monoisotopic (exact) mass is 305 g/mol. The van der Waals surface area contributed by atoms with Crippen molar-refractivity contribution < 1.29 is 14.3 Å². The van der Waals surface area contributed by atoms with Crippen LogP contribution in [-0.4, -0.2) is 12.6 Å². The number of esters is 1. The third-order valence-electron chi connectivity index (χ3n) is 2.81. The van der Waals surface area contributed by atoms with Gasteiger partial charge in [0.1, 0.15) is 12.2 Å². The molecule has 4 nitrogen and oxygen atoms in total. The molecule has 2 aromatic rings. The van der Waals surface area contributed by atoms with Gasteiger partial charge in [0.15, 0.2) is 5.75 Å². The molecule has 0 atom stereocenters. The number of carbonyl (C=O) groups is 1. The van der Waals surface area contributed by atoms with Gasteiger partial charge in [0.2, 0.25) is 0 Å². The largest absolute Gasteiger partial charge is 0.486 e. The highest BCUT2D eigenvalue weighted by Crippen LogP contribution is 2.28. The SMILES string of the molecule is CCOC(=O)c1cccc(N)c1OCc1cccc(Cl)c1. The van der Waals surface area contributed by atoms with Crippen molar-refractivity contribution in [1.29, 1.82) is 0 Å². The van der Waals surface area contributed by atoms with Crippen LogP contribution in [0.5, 0.6) is 5.75 Å². The minimum Gasteiger partial charge on any atom is -0.486 e. The quantitative estimate of drug-likeness (QED) is 0.676. The fourth-order valence-electron chi connectivity index (χ4n) is 1.87. The van der Waals surface area contributed by atoms with Crippen molar-refractivity contribution in [3.05, 3.63) is 58.6 Å². The minimum absolute atomic E-state index is 0.265. The predicted octanol–water partition coefficient (Wildman–Crippen LogP) is 3.68. The van der Waals surface area contributed by atoms with Gasteiger partial charge in [-0.25, -0.2) is 4.79 Å². The summed E-state index contributed by atoms with van der Waals surface area (Å²) in [5, 5.41) is 0.628. The standard InChI is InChI=1S/C16H16ClNO3/c1-2-20-16(19)13-7-4-8-14(18)15(13)21-10-11-5-3-6-12(17)9-11/h3-9H,2,10,18H2,1H3. The van der Waals surface area contributed by atoms with Crippen LogP contribution >= 0.6 is 11.6 Å². The molecule has 0 bridgehead atoms. The molecule has 2 rings (SSSR count). The Hall–Kier alpha value is -2.20. The van der Waals surface area contributed by atoms with Crippen LogP contribution in [0.15, 0.2) is 42.5 Å². The van der Waals surface area contributed by atoms with Gasteiger partial charge in [0.05, 0.1) is 12.3 Å². The van der Waals surface area contributed by atoms with Crippen LogP contribution in [0.2, 0.25) is 5.02 Å². The summed E-state index contributed by atoms with van der Waals surface area (Å²) >= 11 is 5.93. The van der Waals surface area contributed by atoms with E-state index in [1.807, 2.05) is 12.1 Å². The van der Waals surface area contributed by atoms with E-state index in [0.717, 1.165) is 5.56 Å². The Morgan fingerprint density at radius 1 is 1.24 bits per heavy atom. The van der Waals surface area contributed by atoms with E-state index in [1.54, 1.807) is 37.3 Å². The van der Waals surface area contributed by atoms with Crippen molar-refractivity contribution in [2.45, 2.75) is 13.5 Å². The number of rotatable bonds is 5. The lowest BCUT2D eigenvalue weighted by Crippen LogP contribution is -2.09. The number of hydrogen-bond donors (Lipinski definition) is 1. The molecule has 0 amide bonds. The number of para-hydroxylation sites is 1. The molecule has 0 saturated carbocycles. The number of ether oxygens (including phenoxy) is 2. The second-order valence-electron chi connectivity index (χ2n) is 4.36. The van der Waals surface area contributed by atoms with Gasteiger partial charge in [-0.05, 0) is 36.8 Å². The smallest absolute Gasteiger partial charge is 0.341 e. The maximum absolute atomic E-state index is 11.9. The second-order valence-corrected chi connectivity index (χ2v) is 4.80. The molecular formula is C16H16ClNO3. The normalized spacial score (nSPS) is 10.2. The van der Waals surface area contributed by atoms with Gasteiger partial charge in [0, 0.05) is 5.02 Å². The van der Waals surface area contributed by atoms with E-state index in [4.69, 9.17) is 26.8 Å². The van der Waals surface area contributed by atoms with Crippen molar-refractivity contribution in [3.8, 4) is 5.75 Å². The molecule has 0 aliphatic carbocycles. The number of carbonyl (C=O) groups excluding carboxylic acids is 1. The molecule has 0 saturated heterocycles. The van der Waals surface area contributed by atoms with Gasteiger partial charge in [-0.15, -0.1) is 0 Å². The summed E-state index contributed by atoms with van der Waals surface area (Å²) < 4.78 is 10.7. The third-order valence-corrected chi connectivity index (χ3v) is 3.05. The lowest BCUT2D eigenvalue weighted by Gasteiger charge is -2.13. The first kappa shape index (κ1) is 15.2. The molecule has 2 N–H and O–H groups in total. The van der Waals surface area contributed by atoms with Crippen LogP contribution in [0, 0.1) is 0 Å². The molecule has 0 fully saturated rings. The molecule has 0 unspecified atom stereocenters. The molecular weight excluding hydrogens is 290 g/mol. The van der Waals surface area contributed by atoms with Gasteiger partial charge in [0.25, 0.3) is 0 Å². The number of anilines is 1. The summed E-state index contributed by atoms with van der Waals surface area (Å²) in [5.74, 6) is -0.123. The zero-order valence-corrected chi connectivity index (χ0v) is 12.4. The first-order valence-electron chi connectivity index (χ1n) is 6.54. The average molecular weight is 306 g/mol. The highest BCUT2D eigenvalue weighted by Gasteiger charge is 2.16. The zero-order chi connectivity index (χ0) is 15.2. The molecule has 0 aliphatic heterocycles. The Kier molecular flexibility index (Phi) is 5.06. The summed E-state index contributed by atoms with van der Waals surface area (Å²) in [6, 6.07) is 12.3. The topological polar surface area (TPSA) is 61.5 Å². The van der Waals surface area contributed by atoms with Crippen molar-refractivity contribution in [2.24, 2.45) is 0 Å². The van der Waals surface area contributed by atoms with Crippen LogP contribution < -0.4 is 10.5 Å². The summed E-state index contributed by atoms with van der Waals surface area (Å²) in [7, 11) is 0. The third kappa shape index (κ3) is 3.89. The molecule has 0 aliphatic rings. The number of nitrogen functional groups attached to an aromatic ring is 1. The Bertz CT molecular complexity index is 643. The minimum atomic E-state index is -0.453. The molecule has 0 heterocycles. The van der Waals surface area contributed by atoms with Crippen LogP contribution in [-0.2, 0) is 11.3 Å². The Balaban J connectivity index is 2.21. The number of hydrogen-bond acceptors (Lipinski definition) is 4. The predicted molar refractivity (Wildman–Crippen MR) is 82.6 cm³/mol. The van der Waals surface area contributed by atoms with Gasteiger partial charge >= 0.3 is 5.97 Å². The summed E-state index contributed by atoms with van der Waals surface area (Å²) in [6.07, 6.45) is 0. The molecule has 5 heteroatoms. The maximum Gasteiger partial charge on any atom is 0.341 e. The van der Waals surface area contributed by atoms with Crippen molar-refractivity contribution in [1.82, 2.24) is 0 Å². The molecule has 0 spiro atoms. The van der Waals surface area contributed by atoms with E-state index in [9.17, 15) is 4.79 Å². The summed E-state index contributed by atoms with van der Waals surface area (Å²) in [4.78, 5) is 11.9. The molecule has 2 aromatic carbocycles. The van der Waals surface area contributed by atoms with Gasteiger partial charge in [-0.1, -0.05) is 29.8 Å². The van der Waals surface area contributed by atoms with Crippen LogP contribution in [0.3, 0.4) is 0 Å². The Labute approximate surface area is 128 Å². The van der Waals surface area contributed by atoms with Gasteiger partial charge < -0.3 is 15.2 Å². The van der Waals surface area contributed by atoms with E-state index < -0.39 is 5.97 Å². The van der Waals surface area contributed by atoms with Crippen LogP contribution in [0.1, 0.15) is 22.8 Å². The molecule has 110 valence electrons. The van der Waals surface area contributed by atoms with E-state index in [-0.39, 0.29) is 6.61 Å². The van der Waals surface area contributed by atoms with Crippen LogP contribution in [0.4, 0.5) is 5.69 Å². The van der Waals surface area contributed by atoms with E-state index in [2.05, 4.69) is 0 Å². The lowest BCUT2D eigenvalue weighted by molar-refractivity contribution is 0.0521. The number of halogens is 1. The number of benzene rings is 2. The average Bonchev–Trinajstić information content (AvgIpc) is 2.46.